The molecule has 0 spiro atoms. The van der Waals surface area contributed by atoms with Crippen LogP contribution in [-0.2, 0) is 11.2 Å². The lowest BCUT2D eigenvalue weighted by molar-refractivity contribution is -0.136. The van der Waals surface area contributed by atoms with E-state index in [0.717, 1.165) is 35.9 Å². The molecule has 1 atom stereocenters. The van der Waals surface area contributed by atoms with Gasteiger partial charge >= 0.3 is 5.97 Å². The fourth-order valence-corrected chi connectivity index (χ4v) is 3.10. The first-order valence-corrected chi connectivity index (χ1v) is 6.39. The zero-order chi connectivity index (χ0) is 11.5. The highest BCUT2D eigenvalue weighted by atomic mass is 32.1. The average molecular weight is 240 g/mol. The van der Waals surface area contributed by atoms with Gasteiger partial charge in [0, 0.05) is 23.5 Å². The fourth-order valence-electron chi connectivity index (χ4n) is 2.06. The summed E-state index contributed by atoms with van der Waals surface area (Å²) in [4.78, 5) is 18.2. The SMILES string of the molecule is CCN1CCC(c2ncc(CC(=O)O)s2)C1. The third-order valence-corrected chi connectivity index (χ3v) is 4.13. The second-order valence-electron chi connectivity index (χ2n) is 4.11. The summed E-state index contributed by atoms with van der Waals surface area (Å²) in [7, 11) is 0. The molecule has 0 aliphatic carbocycles. The molecule has 1 aromatic heterocycles. The van der Waals surface area contributed by atoms with E-state index in [0.29, 0.717) is 5.92 Å². The minimum Gasteiger partial charge on any atom is -0.481 e. The maximum atomic E-state index is 10.6. The van der Waals surface area contributed by atoms with Gasteiger partial charge in [-0.15, -0.1) is 11.3 Å². The molecule has 1 aromatic rings. The van der Waals surface area contributed by atoms with Gasteiger partial charge in [0.15, 0.2) is 0 Å². The van der Waals surface area contributed by atoms with Crippen LogP contribution in [0.1, 0.15) is 29.1 Å². The van der Waals surface area contributed by atoms with Crippen LogP contribution in [0.3, 0.4) is 0 Å². The normalized spacial score (nSPS) is 21.4. The van der Waals surface area contributed by atoms with Gasteiger partial charge in [0.05, 0.1) is 11.4 Å². The highest BCUT2D eigenvalue weighted by Crippen LogP contribution is 2.30. The summed E-state index contributed by atoms with van der Waals surface area (Å²) in [6.07, 6.45) is 2.96. The predicted octanol–water partition coefficient (Wildman–Crippen LogP) is 1.58. The molecule has 1 aliphatic heterocycles. The Labute approximate surface area is 98.9 Å². The molecular weight excluding hydrogens is 224 g/mol. The van der Waals surface area contributed by atoms with E-state index in [1.54, 1.807) is 17.5 Å². The number of thiazole rings is 1. The highest BCUT2D eigenvalue weighted by molar-refractivity contribution is 7.11. The number of likely N-dealkylation sites (tertiary alicyclic amines) is 1. The van der Waals surface area contributed by atoms with Crippen molar-refractivity contribution in [2.24, 2.45) is 0 Å². The number of hydrogen-bond acceptors (Lipinski definition) is 4. The average Bonchev–Trinajstić information content (AvgIpc) is 2.83. The van der Waals surface area contributed by atoms with Crippen molar-refractivity contribution in [2.75, 3.05) is 19.6 Å². The van der Waals surface area contributed by atoms with Crippen LogP contribution < -0.4 is 0 Å². The van der Waals surface area contributed by atoms with Crippen molar-refractivity contribution in [1.29, 1.82) is 0 Å². The molecule has 1 saturated heterocycles. The number of likely N-dealkylation sites (N-methyl/N-ethyl adjacent to an activating group) is 1. The maximum absolute atomic E-state index is 10.6. The van der Waals surface area contributed by atoms with Crippen molar-refractivity contribution in [3.8, 4) is 0 Å². The van der Waals surface area contributed by atoms with Gasteiger partial charge in [0.2, 0.25) is 0 Å². The van der Waals surface area contributed by atoms with E-state index in [1.165, 1.54) is 0 Å². The summed E-state index contributed by atoms with van der Waals surface area (Å²) >= 11 is 1.55. The van der Waals surface area contributed by atoms with Crippen LogP contribution in [0.5, 0.6) is 0 Å². The number of hydrogen-bond donors (Lipinski definition) is 1. The van der Waals surface area contributed by atoms with Crippen LogP contribution in [0.25, 0.3) is 0 Å². The van der Waals surface area contributed by atoms with Crippen LogP contribution in [-0.4, -0.2) is 40.6 Å². The molecule has 16 heavy (non-hydrogen) atoms. The third kappa shape index (κ3) is 2.59. The summed E-state index contributed by atoms with van der Waals surface area (Å²) in [5.74, 6) is -0.274. The molecule has 88 valence electrons. The van der Waals surface area contributed by atoms with Gasteiger partial charge in [-0.05, 0) is 19.5 Å². The summed E-state index contributed by atoms with van der Waals surface area (Å²) < 4.78 is 0. The van der Waals surface area contributed by atoms with Crippen LogP contribution in [0.15, 0.2) is 6.20 Å². The van der Waals surface area contributed by atoms with Crippen molar-refractivity contribution < 1.29 is 9.90 Å². The zero-order valence-electron chi connectivity index (χ0n) is 9.35. The number of aromatic nitrogens is 1. The topological polar surface area (TPSA) is 53.4 Å². The van der Waals surface area contributed by atoms with E-state index >= 15 is 0 Å². The Morgan fingerprint density at radius 3 is 3.19 bits per heavy atom. The molecule has 5 heteroatoms. The lowest BCUT2D eigenvalue weighted by Crippen LogP contribution is -2.19. The molecule has 1 N–H and O–H groups in total. The first-order valence-electron chi connectivity index (χ1n) is 5.57. The fraction of sp³-hybridized carbons (Fsp3) is 0.636. The minimum absolute atomic E-state index is 0.0991. The van der Waals surface area contributed by atoms with Crippen molar-refractivity contribution in [3.05, 3.63) is 16.1 Å². The van der Waals surface area contributed by atoms with Gasteiger partial charge in [0.25, 0.3) is 0 Å². The molecule has 1 aliphatic rings. The molecule has 2 heterocycles. The quantitative estimate of drug-likeness (QED) is 0.868. The van der Waals surface area contributed by atoms with Gasteiger partial charge in [-0.25, -0.2) is 4.98 Å². The number of carboxylic acid groups (broad SMARTS) is 1. The summed E-state index contributed by atoms with van der Waals surface area (Å²) in [6, 6.07) is 0. The molecule has 1 unspecified atom stereocenters. The van der Waals surface area contributed by atoms with Crippen molar-refractivity contribution >= 4 is 17.3 Å². The number of rotatable bonds is 4. The largest absolute Gasteiger partial charge is 0.481 e. The van der Waals surface area contributed by atoms with Crippen LogP contribution >= 0.6 is 11.3 Å². The monoisotopic (exact) mass is 240 g/mol. The van der Waals surface area contributed by atoms with E-state index < -0.39 is 5.97 Å². The maximum Gasteiger partial charge on any atom is 0.308 e. The Balaban J connectivity index is 1.99. The molecule has 2 rings (SSSR count). The molecule has 4 nitrogen and oxygen atoms in total. The smallest absolute Gasteiger partial charge is 0.308 e. The Morgan fingerprint density at radius 2 is 2.56 bits per heavy atom. The molecule has 0 amide bonds. The third-order valence-electron chi connectivity index (χ3n) is 2.97. The van der Waals surface area contributed by atoms with Gasteiger partial charge in [0.1, 0.15) is 0 Å². The van der Waals surface area contributed by atoms with Crippen LogP contribution in [0.2, 0.25) is 0 Å². The summed E-state index contributed by atoms with van der Waals surface area (Å²) in [5, 5.41) is 9.80. The number of aliphatic carboxylic acids is 1. The minimum atomic E-state index is -0.781. The summed E-state index contributed by atoms with van der Waals surface area (Å²) in [5.41, 5.74) is 0. The van der Waals surface area contributed by atoms with Crippen molar-refractivity contribution in [3.63, 3.8) is 0 Å². The molecule has 0 saturated carbocycles. The van der Waals surface area contributed by atoms with Gasteiger partial charge in [-0.2, -0.15) is 0 Å². The van der Waals surface area contributed by atoms with Crippen LogP contribution in [0, 0.1) is 0 Å². The lowest BCUT2D eigenvalue weighted by atomic mass is 10.1. The van der Waals surface area contributed by atoms with E-state index in [1.807, 2.05) is 0 Å². The van der Waals surface area contributed by atoms with Gasteiger partial charge in [-0.3, -0.25) is 4.79 Å². The Bertz CT molecular complexity index is 378. The molecule has 0 aromatic carbocycles. The van der Waals surface area contributed by atoms with E-state index in [-0.39, 0.29) is 6.42 Å². The number of carbonyl (C=O) groups is 1. The molecule has 0 bridgehead atoms. The van der Waals surface area contributed by atoms with Gasteiger partial charge < -0.3 is 10.0 Å². The van der Waals surface area contributed by atoms with E-state index in [4.69, 9.17) is 5.11 Å². The van der Waals surface area contributed by atoms with Crippen molar-refractivity contribution in [2.45, 2.75) is 25.7 Å². The van der Waals surface area contributed by atoms with E-state index in [9.17, 15) is 4.79 Å². The molecule has 0 radical (unpaired) electrons. The Hall–Kier alpha value is -0.940. The first kappa shape index (κ1) is 11.5. The zero-order valence-corrected chi connectivity index (χ0v) is 10.2. The predicted molar refractivity (Wildman–Crippen MR) is 62.9 cm³/mol. The Morgan fingerprint density at radius 1 is 1.75 bits per heavy atom. The van der Waals surface area contributed by atoms with Gasteiger partial charge in [-0.1, -0.05) is 6.92 Å². The van der Waals surface area contributed by atoms with Crippen molar-refractivity contribution in [1.82, 2.24) is 9.88 Å². The second kappa shape index (κ2) is 4.93. The standard InChI is InChI=1S/C11H16N2O2S/c1-2-13-4-3-8(7-13)11-12-6-9(16-11)5-10(14)15/h6,8H,2-5,7H2,1H3,(H,14,15). The van der Waals surface area contributed by atoms with E-state index in [2.05, 4.69) is 16.8 Å². The number of carboxylic acids is 1. The molecular formula is C11H16N2O2S. The lowest BCUT2D eigenvalue weighted by Gasteiger charge is -2.11. The first-order chi connectivity index (χ1) is 7.69. The second-order valence-corrected chi connectivity index (χ2v) is 5.26. The summed E-state index contributed by atoms with van der Waals surface area (Å²) in [6.45, 7) is 5.45. The highest BCUT2D eigenvalue weighted by Gasteiger charge is 2.25. The van der Waals surface area contributed by atoms with Crippen LogP contribution in [0.4, 0.5) is 0 Å². The molecule has 1 fully saturated rings. The Kier molecular flexibility index (Phi) is 3.56. The number of nitrogens with zero attached hydrogens (tertiary/aromatic N) is 2.